The van der Waals surface area contributed by atoms with Crippen molar-refractivity contribution in [2.75, 3.05) is 13.7 Å². The molecule has 1 aromatic rings. The van der Waals surface area contributed by atoms with Gasteiger partial charge in [-0.25, -0.2) is 0 Å². The van der Waals surface area contributed by atoms with E-state index in [9.17, 15) is 19.2 Å². The van der Waals surface area contributed by atoms with E-state index < -0.39 is 35.8 Å². The number of nitrogens with zero attached hydrogens (tertiary/aromatic N) is 1. The van der Waals surface area contributed by atoms with Crippen molar-refractivity contribution in [3.05, 3.63) is 29.3 Å². The van der Waals surface area contributed by atoms with Gasteiger partial charge in [0, 0.05) is 23.8 Å². The third-order valence-electron chi connectivity index (χ3n) is 7.87. The molecule has 0 spiro atoms. The summed E-state index contributed by atoms with van der Waals surface area (Å²) in [5, 5.41) is 5.88. The smallest absolute Gasteiger partial charge is 0.310 e. The largest absolute Gasteiger partial charge is 0.496 e. The molecular weight excluding hydrogens is 490 g/mol. The maximum atomic E-state index is 14.1. The summed E-state index contributed by atoms with van der Waals surface area (Å²) in [6, 6.07) is 2.99. The first kappa shape index (κ1) is 27.9. The van der Waals surface area contributed by atoms with Gasteiger partial charge in [-0.1, -0.05) is 26.8 Å². The van der Waals surface area contributed by atoms with Crippen molar-refractivity contribution in [1.82, 2.24) is 15.5 Å². The lowest BCUT2D eigenvalue weighted by molar-refractivity contribution is -0.165. The van der Waals surface area contributed by atoms with Crippen LogP contribution in [0, 0.1) is 18.3 Å². The number of carbonyl (C=O) groups excluding carboxylic acids is 4. The maximum absolute atomic E-state index is 14.1. The average molecular weight is 530 g/mol. The summed E-state index contributed by atoms with van der Waals surface area (Å²) in [4.78, 5) is 54.6. The number of benzene rings is 1. The highest BCUT2D eigenvalue weighted by Crippen LogP contribution is 2.44. The van der Waals surface area contributed by atoms with Gasteiger partial charge in [-0.15, -0.1) is 0 Å². The van der Waals surface area contributed by atoms with Crippen LogP contribution in [0.5, 0.6) is 5.75 Å². The number of nitrogens with one attached hydrogen (secondary N) is 2. The number of fused-ring (bicyclic) bond motifs is 2. The van der Waals surface area contributed by atoms with Crippen LogP contribution >= 0.6 is 0 Å². The van der Waals surface area contributed by atoms with E-state index >= 15 is 0 Å². The van der Waals surface area contributed by atoms with Crippen LogP contribution in [0.15, 0.2) is 18.2 Å². The Morgan fingerprint density at radius 3 is 2.61 bits per heavy atom. The zero-order valence-electron chi connectivity index (χ0n) is 23.0. The van der Waals surface area contributed by atoms with E-state index in [0.29, 0.717) is 23.5 Å². The molecular formula is C28H39N3O7. The summed E-state index contributed by atoms with van der Waals surface area (Å²) < 4.78 is 16.0. The Balaban J connectivity index is 1.56. The first-order valence-electron chi connectivity index (χ1n) is 13.3. The van der Waals surface area contributed by atoms with Crippen LogP contribution in [0.25, 0.3) is 0 Å². The molecule has 2 unspecified atom stereocenters. The molecule has 2 aliphatic heterocycles. The van der Waals surface area contributed by atoms with Gasteiger partial charge in [0.2, 0.25) is 18.1 Å². The Kier molecular flexibility index (Phi) is 8.01. The number of hydrogen-bond donors (Lipinski definition) is 2. The van der Waals surface area contributed by atoms with Crippen molar-refractivity contribution < 1.29 is 33.4 Å². The molecule has 6 atom stereocenters. The summed E-state index contributed by atoms with van der Waals surface area (Å²) in [7, 11) is 1.54. The number of cyclic esters (lactones) is 1. The van der Waals surface area contributed by atoms with Crippen LogP contribution < -0.4 is 15.4 Å². The van der Waals surface area contributed by atoms with Gasteiger partial charge in [-0.3, -0.25) is 19.2 Å². The summed E-state index contributed by atoms with van der Waals surface area (Å²) in [5.41, 5.74) is 0.493. The van der Waals surface area contributed by atoms with Gasteiger partial charge in [-0.05, 0) is 56.6 Å². The number of amides is 3. The second-order valence-corrected chi connectivity index (χ2v) is 11.5. The molecule has 0 radical (unpaired) electrons. The highest BCUT2D eigenvalue weighted by molar-refractivity contribution is 6.00. The number of esters is 1. The van der Waals surface area contributed by atoms with E-state index in [-0.39, 0.29) is 36.1 Å². The van der Waals surface area contributed by atoms with Crippen LogP contribution in [-0.2, 0) is 23.9 Å². The van der Waals surface area contributed by atoms with E-state index in [4.69, 9.17) is 14.2 Å². The highest BCUT2D eigenvalue weighted by atomic mass is 16.7. The van der Waals surface area contributed by atoms with E-state index in [1.807, 2.05) is 20.8 Å². The molecule has 2 heterocycles. The van der Waals surface area contributed by atoms with E-state index in [1.54, 1.807) is 44.1 Å². The molecule has 3 fully saturated rings. The number of likely N-dealkylation sites (tertiary alicyclic amines) is 1. The zero-order valence-corrected chi connectivity index (χ0v) is 23.0. The Bertz CT molecular complexity index is 1100. The van der Waals surface area contributed by atoms with Gasteiger partial charge >= 0.3 is 5.97 Å². The predicted octanol–water partition coefficient (Wildman–Crippen LogP) is 2.32. The third kappa shape index (κ3) is 5.36. The fourth-order valence-electron chi connectivity index (χ4n) is 5.97. The highest BCUT2D eigenvalue weighted by Gasteiger charge is 2.54. The summed E-state index contributed by atoms with van der Waals surface area (Å²) >= 11 is 0. The van der Waals surface area contributed by atoms with Crippen molar-refractivity contribution in [2.24, 2.45) is 11.3 Å². The van der Waals surface area contributed by atoms with Gasteiger partial charge in [0.25, 0.3) is 5.91 Å². The maximum Gasteiger partial charge on any atom is 0.310 e. The fraction of sp³-hybridized carbons (Fsp3) is 0.643. The molecule has 1 saturated carbocycles. The molecule has 38 heavy (non-hydrogen) atoms. The van der Waals surface area contributed by atoms with E-state index in [2.05, 4.69) is 10.6 Å². The minimum absolute atomic E-state index is 0.0180. The topological polar surface area (TPSA) is 123 Å². The van der Waals surface area contributed by atoms with Gasteiger partial charge in [-0.2, -0.15) is 0 Å². The number of methoxy groups -OCH3 is 1. The van der Waals surface area contributed by atoms with E-state index in [1.165, 1.54) is 0 Å². The van der Waals surface area contributed by atoms with Crippen molar-refractivity contribution >= 4 is 23.7 Å². The standard InChI is InChI=1S/C28H39N3O7/c1-7-37-27-19(14-21(32)38-27)29-25(34)22-16-11-12-17(13-16)31(22)26(35)23(28(3,4)5)30-24(33)18-9-8-10-20(36-6)15(18)2/h8-10,16-17,19,22-23,27H,7,11-14H2,1-6H3,(H,29,34)(H,30,33)/t16-,17?,19?,22-,23+,27-/m0/s1. The van der Waals surface area contributed by atoms with Crippen molar-refractivity contribution in [2.45, 2.75) is 90.8 Å². The Morgan fingerprint density at radius 1 is 1.21 bits per heavy atom. The zero-order chi connectivity index (χ0) is 27.8. The van der Waals surface area contributed by atoms with Crippen molar-refractivity contribution in [3.63, 3.8) is 0 Å². The number of hydrogen-bond acceptors (Lipinski definition) is 7. The quantitative estimate of drug-likeness (QED) is 0.496. The summed E-state index contributed by atoms with van der Waals surface area (Å²) in [5.74, 6) is -0.798. The monoisotopic (exact) mass is 529 g/mol. The lowest BCUT2D eigenvalue weighted by Gasteiger charge is -2.40. The number of piperidine rings is 1. The first-order chi connectivity index (χ1) is 18.0. The molecule has 1 aliphatic carbocycles. The van der Waals surface area contributed by atoms with Gasteiger partial charge in [0.15, 0.2) is 0 Å². The van der Waals surface area contributed by atoms with Crippen LogP contribution in [0.1, 0.15) is 69.3 Å². The van der Waals surface area contributed by atoms with Crippen LogP contribution in [0.4, 0.5) is 0 Å². The number of ether oxygens (including phenoxy) is 3. The molecule has 10 nitrogen and oxygen atoms in total. The van der Waals surface area contributed by atoms with Crippen LogP contribution in [-0.4, -0.2) is 72.8 Å². The Morgan fingerprint density at radius 2 is 1.95 bits per heavy atom. The van der Waals surface area contributed by atoms with Crippen molar-refractivity contribution in [1.29, 1.82) is 0 Å². The van der Waals surface area contributed by atoms with E-state index in [0.717, 1.165) is 19.3 Å². The van der Waals surface area contributed by atoms with Gasteiger partial charge in [0.1, 0.15) is 23.9 Å². The number of rotatable bonds is 8. The predicted molar refractivity (Wildman–Crippen MR) is 138 cm³/mol. The third-order valence-corrected chi connectivity index (χ3v) is 7.87. The molecule has 1 aromatic carbocycles. The average Bonchev–Trinajstić information content (AvgIpc) is 3.56. The normalized spacial score (nSPS) is 27.2. The Labute approximate surface area is 223 Å². The summed E-state index contributed by atoms with van der Waals surface area (Å²) in [6.45, 7) is 9.61. The second-order valence-electron chi connectivity index (χ2n) is 11.5. The molecule has 0 aromatic heterocycles. The fourth-order valence-corrected chi connectivity index (χ4v) is 5.97. The summed E-state index contributed by atoms with van der Waals surface area (Å²) in [6.07, 6.45) is 1.57. The van der Waals surface area contributed by atoms with Crippen LogP contribution in [0.3, 0.4) is 0 Å². The van der Waals surface area contributed by atoms with Crippen LogP contribution in [0.2, 0.25) is 0 Å². The molecule has 2 N–H and O–H groups in total. The molecule has 3 amide bonds. The lowest BCUT2D eigenvalue weighted by atomic mass is 9.84. The second kappa shape index (κ2) is 10.9. The SMILES string of the molecule is CCO[C@H]1OC(=O)CC1NC(=O)[C@@H]1[C@H]2CCC(C2)N1C(=O)[C@@H](NC(=O)c1cccc(OC)c1C)C(C)(C)C. The Hall–Kier alpha value is -3.14. The molecule has 10 heteroatoms. The van der Waals surface area contributed by atoms with Crippen molar-refractivity contribution in [3.8, 4) is 5.75 Å². The molecule has 2 saturated heterocycles. The molecule has 3 aliphatic rings. The molecule has 2 bridgehead atoms. The molecule has 4 rings (SSSR count). The minimum Gasteiger partial charge on any atom is -0.496 e. The first-order valence-corrected chi connectivity index (χ1v) is 13.3. The van der Waals surface area contributed by atoms with Gasteiger partial charge < -0.3 is 29.7 Å². The molecule has 208 valence electrons. The minimum atomic E-state index is -0.859. The number of carbonyl (C=O) groups is 4. The lowest BCUT2D eigenvalue weighted by Crippen LogP contribution is -2.62. The van der Waals surface area contributed by atoms with Gasteiger partial charge in [0.05, 0.1) is 13.5 Å².